The van der Waals surface area contributed by atoms with Gasteiger partial charge in [-0.3, -0.25) is 19.5 Å². The molecule has 1 atom stereocenters. The number of aromatic nitrogens is 1. The number of rotatable bonds is 14. The maximum atomic E-state index is 12.7. The van der Waals surface area contributed by atoms with Gasteiger partial charge in [0.05, 0.1) is 41.4 Å². The molecule has 2 heterocycles. The highest BCUT2D eigenvalue weighted by molar-refractivity contribution is 6.21. The van der Waals surface area contributed by atoms with Crippen molar-refractivity contribution in [2.75, 3.05) is 25.6 Å². The van der Waals surface area contributed by atoms with E-state index in [2.05, 4.69) is 49.5 Å². The highest BCUT2D eigenvalue weighted by Crippen LogP contribution is 2.41. The van der Waals surface area contributed by atoms with Gasteiger partial charge in [-0.2, -0.15) is 0 Å². The summed E-state index contributed by atoms with van der Waals surface area (Å²) in [6, 6.07) is 21.6. The van der Waals surface area contributed by atoms with Crippen LogP contribution in [0.2, 0.25) is 0 Å². The fraction of sp³-hybridized carbons (Fsp3) is 0.343. The van der Waals surface area contributed by atoms with E-state index in [0.717, 1.165) is 60.0 Å². The number of carbonyl (C=O) groups is 2. The zero-order chi connectivity index (χ0) is 29.5. The number of nitrogens with zero attached hydrogens (tertiary/aromatic N) is 2. The number of hydrogen-bond acceptors (Lipinski definition) is 6. The summed E-state index contributed by atoms with van der Waals surface area (Å²) in [6.07, 6.45) is 7.52. The van der Waals surface area contributed by atoms with Crippen LogP contribution >= 0.6 is 0 Å². The summed E-state index contributed by atoms with van der Waals surface area (Å²) in [4.78, 5) is 31.5. The molecule has 4 aromatic rings. The van der Waals surface area contributed by atoms with Gasteiger partial charge in [0, 0.05) is 24.8 Å². The molecule has 2 amide bonds. The summed E-state index contributed by atoms with van der Waals surface area (Å²) < 4.78 is 12.1. The molecule has 3 aromatic carbocycles. The van der Waals surface area contributed by atoms with Gasteiger partial charge in [-0.05, 0) is 81.7 Å². The summed E-state index contributed by atoms with van der Waals surface area (Å²) >= 11 is 0. The van der Waals surface area contributed by atoms with Crippen molar-refractivity contribution in [3.05, 3.63) is 95.2 Å². The minimum Gasteiger partial charge on any atom is -0.493 e. The third-order valence-electron chi connectivity index (χ3n) is 7.86. The number of aryl methyl sites for hydroxylation is 2. The lowest BCUT2D eigenvalue weighted by atomic mass is 10.1. The molecule has 0 radical (unpaired) electrons. The molecule has 0 saturated carbocycles. The fourth-order valence-corrected chi connectivity index (χ4v) is 5.60. The molecule has 1 aliphatic rings. The maximum Gasteiger partial charge on any atom is 0.261 e. The molecular formula is C35H39N3O4. The van der Waals surface area contributed by atoms with Crippen LogP contribution in [0.1, 0.15) is 70.9 Å². The standard InChI is InChI=1S/C35H39N3O4/c1-24-19-20-36-32-29(37-25(2)13-12-21-38-34(39)27-17-9-10-18-28(27)35(38)40)23-30(41-3)33(31(24)32)42-22-11-5-8-16-26-14-6-4-7-15-26/h4,6-7,9-10,14-15,17-20,23,25,37H,5,8,11-13,16,21-22H2,1-3H3. The van der Waals surface area contributed by atoms with Crippen molar-refractivity contribution < 1.29 is 19.1 Å². The van der Waals surface area contributed by atoms with Crippen molar-refractivity contribution in [2.45, 2.75) is 58.4 Å². The molecule has 1 unspecified atom stereocenters. The highest BCUT2D eigenvalue weighted by atomic mass is 16.5. The number of anilines is 1. The molecular weight excluding hydrogens is 526 g/mol. The number of methoxy groups -OCH3 is 1. The van der Waals surface area contributed by atoms with Crippen LogP contribution in [0.4, 0.5) is 5.69 Å². The topological polar surface area (TPSA) is 80.8 Å². The Morgan fingerprint density at radius 1 is 0.905 bits per heavy atom. The molecule has 7 heteroatoms. The van der Waals surface area contributed by atoms with E-state index in [9.17, 15) is 9.59 Å². The lowest BCUT2D eigenvalue weighted by Gasteiger charge is -2.21. The van der Waals surface area contributed by atoms with E-state index in [0.29, 0.717) is 36.4 Å². The third-order valence-corrected chi connectivity index (χ3v) is 7.86. The van der Waals surface area contributed by atoms with E-state index < -0.39 is 0 Å². The average Bonchev–Trinajstić information content (AvgIpc) is 3.25. The Balaban J connectivity index is 1.20. The van der Waals surface area contributed by atoms with Crippen LogP contribution in [0.25, 0.3) is 10.9 Å². The summed E-state index contributed by atoms with van der Waals surface area (Å²) in [5, 5.41) is 4.54. The molecule has 0 bridgehead atoms. The van der Waals surface area contributed by atoms with E-state index in [1.54, 1.807) is 31.4 Å². The Morgan fingerprint density at radius 2 is 1.62 bits per heavy atom. The number of hydrogen-bond donors (Lipinski definition) is 1. The first kappa shape index (κ1) is 29.1. The zero-order valence-corrected chi connectivity index (χ0v) is 24.7. The van der Waals surface area contributed by atoms with Crippen LogP contribution in [0.3, 0.4) is 0 Å². The van der Waals surface area contributed by atoms with Crippen molar-refractivity contribution >= 4 is 28.4 Å². The minimum atomic E-state index is -0.210. The van der Waals surface area contributed by atoms with Gasteiger partial charge in [-0.15, -0.1) is 0 Å². The smallest absolute Gasteiger partial charge is 0.261 e. The lowest BCUT2D eigenvalue weighted by molar-refractivity contribution is 0.0651. The van der Waals surface area contributed by atoms with Crippen molar-refractivity contribution in [3.8, 4) is 11.5 Å². The fourth-order valence-electron chi connectivity index (χ4n) is 5.60. The van der Waals surface area contributed by atoms with Gasteiger partial charge >= 0.3 is 0 Å². The summed E-state index contributed by atoms with van der Waals surface area (Å²) in [5.74, 6) is 0.977. The molecule has 0 aliphatic carbocycles. The van der Waals surface area contributed by atoms with Crippen molar-refractivity contribution in [2.24, 2.45) is 0 Å². The number of benzene rings is 3. The number of nitrogens with one attached hydrogen (secondary N) is 1. The lowest BCUT2D eigenvalue weighted by Crippen LogP contribution is -2.31. The Labute approximate surface area is 247 Å². The Morgan fingerprint density at radius 3 is 2.33 bits per heavy atom. The predicted octanol–water partition coefficient (Wildman–Crippen LogP) is 7.22. The van der Waals surface area contributed by atoms with Crippen LogP contribution in [0, 0.1) is 6.92 Å². The number of imide groups is 1. The molecule has 42 heavy (non-hydrogen) atoms. The Bertz CT molecular complexity index is 1520. The first-order valence-corrected chi connectivity index (χ1v) is 14.8. The molecule has 0 spiro atoms. The van der Waals surface area contributed by atoms with Crippen LogP contribution in [-0.2, 0) is 6.42 Å². The number of amides is 2. The Hall–Kier alpha value is -4.39. The molecule has 5 rings (SSSR count). The first-order chi connectivity index (χ1) is 20.5. The number of carbonyl (C=O) groups excluding carboxylic acids is 2. The van der Waals surface area contributed by atoms with Crippen LogP contribution < -0.4 is 14.8 Å². The van der Waals surface area contributed by atoms with E-state index in [1.807, 2.05) is 18.3 Å². The quantitative estimate of drug-likeness (QED) is 0.128. The van der Waals surface area contributed by atoms with Gasteiger partial charge in [0.1, 0.15) is 0 Å². The highest BCUT2D eigenvalue weighted by Gasteiger charge is 2.34. The molecule has 1 aromatic heterocycles. The number of ether oxygens (including phenoxy) is 2. The second kappa shape index (κ2) is 13.5. The second-order valence-corrected chi connectivity index (χ2v) is 10.9. The first-order valence-electron chi connectivity index (χ1n) is 14.8. The predicted molar refractivity (Wildman–Crippen MR) is 167 cm³/mol. The number of fused-ring (bicyclic) bond motifs is 2. The SMILES string of the molecule is COc1cc(NC(C)CCCN2C(=O)c3ccccc3C2=O)c2nccc(C)c2c1OCCCCCc1ccccc1. The average molecular weight is 566 g/mol. The zero-order valence-electron chi connectivity index (χ0n) is 24.7. The monoisotopic (exact) mass is 565 g/mol. The van der Waals surface area contributed by atoms with Gasteiger partial charge in [-0.25, -0.2) is 0 Å². The molecule has 1 aliphatic heterocycles. The summed E-state index contributed by atoms with van der Waals surface area (Å²) in [5.41, 5.74) is 5.12. The van der Waals surface area contributed by atoms with E-state index in [1.165, 1.54) is 10.5 Å². The van der Waals surface area contributed by atoms with E-state index in [4.69, 9.17) is 14.5 Å². The van der Waals surface area contributed by atoms with Gasteiger partial charge in [0.25, 0.3) is 11.8 Å². The maximum absolute atomic E-state index is 12.7. The Kier molecular flexibility index (Phi) is 9.37. The molecule has 1 N–H and O–H groups in total. The molecule has 0 saturated heterocycles. The normalized spacial score (nSPS) is 13.4. The molecule has 7 nitrogen and oxygen atoms in total. The van der Waals surface area contributed by atoms with Gasteiger partial charge in [0.15, 0.2) is 11.5 Å². The van der Waals surface area contributed by atoms with Gasteiger partial charge < -0.3 is 14.8 Å². The molecule has 218 valence electrons. The van der Waals surface area contributed by atoms with Crippen LogP contribution in [-0.4, -0.2) is 48.0 Å². The van der Waals surface area contributed by atoms with E-state index >= 15 is 0 Å². The van der Waals surface area contributed by atoms with Crippen molar-refractivity contribution in [1.82, 2.24) is 9.88 Å². The number of pyridine rings is 1. The van der Waals surface area contributed by atoms with Crippen LogP contribution in [0.5, 0.6) is 11.5 Å². The van der Waals surface area contributed by atoms with Gasteiger partial charge in [-0.1, -0.05) is 42.5 Å². The van der Waals surface area contributed by atoms with Gasteiger partial charge in [0.2, 0.25) is 0 Å². The second-order valence-electron chi connectivity index (χ2n) is 10.9. The summed E-state index contributed by atoms with van der Waals surface area (Å²) in [7, 11) is 1.66. The largest absolute Gasteiger partial charge is 0.493 e. The van der Waals surface area contributed by atoms with E-state index in [-0.39, 0.29) is 17.9 Å². The van der Waals surface area contributed by atoms with Crippen molar-refractivity contribution in [1.29, 1.82) is 0 Å². The van der Waals surface area contributed by atoms with Crippen LogP contribution in [0.15, 0.2) is 72.9 Å². The number of unbranched alkanes of at least 4 members (excludes halogenated alkanes) is 2. The molecule has 0 fully saturated rings. The van der Waals surface area contributed by atoms with Crippen molar-refractivity contribution in [3.63, 3.8) is 0 Å². The third kappa shape index (κ3) is 6.40. The minimum absolute atomic E-state index is 0.0757. The summed E-state index contributed by atoms with van der Waals surface area (Å²) in [6.45, 7) is 5.15.